The zero-order valence-electron chi connectivity index (χ0n) is 20.1. The van der Waals surface area contributed by atoms with Crippen LogP contribution >= 0.6 is 11.3 Å². The van der Waals surface area contributed by atoms with E-state index >= 15 is 0 Å². The number of nitrogens with two attached hydrogens (primary N) is 1. The molecule has 0 radical (unpaired) electrons. The van der Waals surface area contributed by atoms with Gasteiger partial charge in [-0.15, -0.1) is 11.3 Å². The number of nitrogen functional groups attached to an aromatic ring is 1. The summed E-state index contributed by atoms with van der Waals surface area (Å²) in [6.07, 6.45) is 3.71. The molecule has 0 unspecified atom stereocenters. The minimum atomic E-state index is -0.848. The van der Waals surface area contributed by atoms with Crippen molar-refractivity contribution in [3.63, 3.8) is 0 Å². The molecule has 0 saturated heterocycles. The lowest BCUT2D eigenvalue weighted by molar-refractivity contribution is -0.124. The fourth-order valence-electron chi connectivity index (χ4n) is 4.36. The number of anilines is 2. The molecule has 12 nitrogen and oxygen atoms in total. The highest BCUT2D eigenvalue weighted by molar-refractivity contribution is 7.19. The molecule has 6 rings (SSSR count). The molecule has 4 N–H and O–H groups in total. The molecule has 0 aliphatic carbocycles. The normalized spacial score (nSPS) is 14.3. The Labute approximate surface area is 222 Å². The average Bonchev–Trinajstić information content (AvgIpc) is 3.67. The molecule has 1 atom stereocenters. The number of rotatable bonds is 6. The summed E-state index contributed by atoms with van der Waals surface area (Å²) in [6.45, 7) is 0.269. The van der Waals surface area contributed by atoms with E-state index in [1.165, 1.54) is 40.3 Å². The monoisotopic (exact) mass is 546 g/mol. The minimum Gasteiger partial charge on any atom is -0.384 e. The largest absolute Gasteiger partial charge is 0.384 e. The van der Waals surface area contributed by atoms with Crippen LogP contribution in [0.2, 0.25) is 0 Å². The number of nitrogens with one attached hydrogen (secondary N) is 2. The van der Waals surface area contributed by atoms with Gasteiger partial charge in [-0.05, 0) is 30.7 Å². The zero-order chi connectivity index (χ0) is 27.1. The molecule has 0 spiro atoms. The molecule has 1 aromatic carbocycles. The van der Waals surface area contributed by atoms with E-state index in [0.717, 1.165) is 15.0 Å². The van der Waals surface area contributed by atoms with Crippen LogP contribution in [0.15, 0.2) is 58.1 Å². The number of aromatic nitrogens is 5. The summed E-state index contributed by atoms with van der Waals surface area (Å²) < 4.78 is 21.3. The van der Waals surface area contributed by atoms with Crippen molar-refractivity contribution in [3.05, 3.63) is 81.5 Å². The first-order chi connectivity index (χ1) is 18.9. The number of pyridine rings is 1. The minimum absolute atomic E-state index is 0.0358. The summed E-state index contributed by atoms with van der Waals surface area (Å²) in [4.78, 5) is 52.2. The lowest BCUT2D eigenvalue weighted by atomic mass is 10.2. The molecule has 5 heterocycles. The van der Waals surface area contributed by atoms with E-state index < -0.39 is 29.1 Å². The van der Waals surface area contributed by atoms with Crippen LogP contribution in [0.1, 0.15) is 33.8 Å². The van der Waals surface area contributed by atoms with Crippen LogP contribution in [0, 0.1) is 5.82 Å². The molecule has 39 heavy (non-hydrogen) atoms. The van der Waals surface area contributed by atoms with Crippen molar-refractivity contribution in [1.82, 2.24) is 30.0 Å². The highest BCUT2D eigenvalue weighted by Gasteiger charge is 2.31. The Hall–Kier alpha value is -4.98. The van der Waals surface area contributed by atoms with Crippen molar-refractivity contribution in [3.8, 4) is 11.5 Å². The van der Waals surface area contributed by atoms with Crippen molar-refractivity contribution < 1.29 is 18.5 Å². The fraction of sp³-hybridized carbons (Fsp3) is 0.160. The van der Waals surface area contributed by atoms with Crippen LogP contribution in [-0.4, -0.2) is 36.5 Å². The molecule has 0 bridgehead atoms. The predicted molar refractivity (Wildman–Crippen MR) is 139 cm³/mol. The predicted octanol–water partition coefficient (Wildman–Crippen LogP) is 2.68. The first-order valence-corrected chi connectivity index (χ1v) is 12.6. The lowest BCUT2D eigenvalue weighted by Crippen LogP contribution is -2.36. The van der Waals surface area contributed by atoms with E-state index in [1.807, 2.05) is 6.07 Å². The number of nitrogens with zero attached hydrogens (tertiary/aromatic N) is 5. The fourth-order valence-corrected chi connectivity index (χ4v) is 5.38. The van der Waals surface area contributed by atoms with E-state index in [-0.39, 0.29) is 29.6 Å². The van der Waals surface area contributed by atoms with Crippen molar-refractivity contribution in [1.29, 1.82) is 0 Å². The maximum Gasteiger partial charge on any atom is 0.297 e. The Morgan fingerprint density at radius 2 is 2.05 bits per heavy atom. The third-order valence-corrected chi connectivity index (χ3v) is 7.32. The van der Waals surface area contributed by atoms with Gasteiger partial charge in [0.1, 0.15) is 29.2 Å². The smallest absolute Gasteiger partial charge is 0.297 e. The van der Waals surface area contributed by atoms with E-state index in [9.17, 15) is 18.8 Å². The van der Waals surface area contributed by atoms with Crippen LogP contribution in [0.5, 0.6) is 0 Å². The van der Waals surface area contributed by atoms with Gasteiger partial charge in [-0.2, -0.15) is 4.98 Å². The quantitative estimate of drug-likeness (QED) is 0.290. The molecular weight excluding hydrogens is 527 g/mol. The molecule has 1 aliphatic heterocycles. The maximum absolute atomic E-state index is 14.0. The van der Waals surface area contributed by atoms with Crippen LogP contribution in [0.4, 0.5) is 15.9 Å². The van der Waals surface area contributed by atoms with Gasteiger partial charge in [0.05, 0.1) is 18.3 Å². The van der Waals surface area contributed by atoms with Crippen molar-refractivity contribution >= 4 is 44.7 Å². The number of aryl methyl sites for hydroxylation is 1. The second-order valence-corrected chi connectivity index (χ2v) is 9.92. The number of benzene rings is 1. The number of halogens is 1. The molecule has 196 valence electrons. The van der Waals surface area contributed by atoms with E-state index in [4.69, 9.17) is 10.3 Å². The number of hydrogen-bond donors (Lipinski definition) is 3. The van der Waals surface area contributed by atoms with Crippen LogP contribution in [0.25, 0.3) is 21.5 Å². The number of thiophene rings is 1. The van der Waals surface area contributed by atoms with E-state index in [2.05, 4.69) is 30.7 Å². The average molecular weight is 547 g/mol. The second-order valence-electron chi connectivity index (χ2n) is 8.75. The summed E-state index contributed by atoms with van der Waals surface area (Å²) in [5, 5.41) is 9.79. The van der Waals surface area contributed by atoms with Crippen molar-refractivity contribution in [2.24, 2.45) is 0 Å². The van der Waals surface area contributed by atoms with Crippen molar-refractivity contribution in [2.45, 2.75) is 25.4 Å². The Morgan fingerprint density at radius 1 is 1.21 bits per heavy atom. The van der Waals surface area contributed by atoms with Gasteiger partial charge >= 0.3 is 0 Å². The highest BCUT2D eigenvalue weighted by atomic mass is 32.1. The Kier molecular flexibility index (Phi) is 6.07. The Morgan fingerprint density at radius 3 is 2.90 bits per heavy atom. The summed E-state index contributed by atoms with van der Waals surface area (Å²) in [6, 6.07) is 8.65. The molecule has 1 aliphatic rings. The van der Waals surface area contributed by atoms with E-state index in [1.54, 1.807) is 18.3 Å². The molecule has 14 heteroatoms. The second kappa shape index (κ2) is 9.72. The highest BCUT2D eigenvalue weighted by Crippen LogP contribution is 2.27. The summed E-state index contributed by atoms with van der Waals surface area (Å²) in [5.74, 6) is -1.51. The van der Waals surface area contributed by atoms with Gasteiger partial charge in [0.2, 0.25) is 5.91 Å². The van der Waals surface area contributed by atoms with Gasteiger partial charge in [0, 0.05) is 27.6 Å². The van der Waals surface area contributed by atoms with Gasteiger partial charge in [-0.3, -0.25) is 19.0 Å². The van der Waals surface area contributed by atoms with Gasteiger partial charge < -0.3 is 20.9 Å². The van der Waals surface area contributed by atoms with Crippen LogP contribution in [0.3, 0.4) is 0 Å². The van der Waals surface area contributed by atoms with Crippen molar-refractivity contribution in [2.75, 3.05) is 11.1 Å². The summed E-state index contributed by atoms with van der Waals surface area (Å²) >= 11 is 1.49. The first-order valence-electron chi connectivity index (χ1n) is 11.8. The number of fused-ring (bicyclic) bond motifs is 2. The van der Waals surface area contributed by atoms with Gasteiger partial charge in [0.25, 0.3) is 23.2 Å². The number of hydrogen-bond acceptors (Lipinski definition) is 10. The topological polar surface area (TPSA) is 171 Å². The molecule has 2 amide bonds. The molecule has 5 aromatic rings. The Balaban J connectivity index is 1.17. The van der Waals surface area contributed by atoms with Gasteiger partial charge in [-0.25, -0.2) is 14.4 Å². The SMILES string of the molecule is Nc1cc2sc(CNC(=O)[C@@H]3CCc4ncc(NC(=O)c5noc(-c6ccccc6F)n5)c(=O)n43)cc2cn1. The third-order valence-electron chi connectivity index (χ3n) is 6.22. The summed E-state index contributed by atoms with van der Waals surface area (Å²) in [5.41, 5.74) is 5.03. The Bertz CT molecular complexity index is 1810. The number of amides is 2. The summed E-state index contributed by atoms with van der Waals surface area (Å²) in [7, 11) is 0. The third kappa shape index (κ3) is 4.61. The van der Waals surface area contributed by atoms with Gasteiger partial charge in [0.15, 0.2) is 0 Å². The molecule has 4 aromatic heterocycles. The van der Waals surface area contributed by atoms with E-state index in [0.29, 0.717) is 24.5 Å². The lowest BCUT2D eigenvalue weighted by Gasteiger charge is -2.15. The number of carbonyl (C=O) groups is 2. The maximum atomic E-state index is 14.0. The zero-order valence-corrected chi connectivity index (χ0v) is 20.9. The van der Waals surface area contributed by atoms with Crippen LogP contribution in [-0.2, 0) is 17.8 Å². The standard InChI is InChI=1S/C25H19FN8O4S/c26-15-4-2-1-3-14(15)24-32-21(33-38-24)23(36)31-16-11-29-20-6-5-17(34(20)25(16)37)22(35)30-10-13-7-12-9-28-19(27)8-18(12)39-13/h1-4,7-9,11,17H,5-6,10H2,(H2,27,28)(H,30,35)(H,31,36)/t17-/m0/s1. The first kappa shape index (κ1) is 24.4. The van der Waals surface area contributed by atoms with Gasteiger partial charge in [-0.1, -0.05) is 17.3 Å². The molecule has 0 saturated carbocycles. The van der Waals surface area contributed by atoms with Crippen LogP contribution < -0.4 is 21.9 Å². The number of carbonyl (C=O) groups excluding carboxylic acids is 2. The molecular formula is C25H19FN8O4S. The molecule has 0 fully saturated rings.